The number of carbonyl (C=O) groups excluding carboxylic acids is 2. The van der Waals surface area contributed by atoms with Gasteiger partial charge in [0.1, 0.15) is 5.69 Å². The maximum atomic E-state index is 13.3. The van der Waals surface area contributed by atoms with Gasteiger partial charge in [-0.25, -0.2) is 9.67 Å². The van der Waals surface area contributed by atoms with Crippen LogP contribution in [0.25, 0.3) is 0 Å². The molecule has 0 radical (unpaired) electrons. The Balaban J connectivity index is 2.12. The summed E-state index contributed by atoms with van der Waals surface area (Å²) in [6.45, 7) is 0. The molecular weight excluding hydrogens is 494 g/mol. The number of nitrogens with zero attached hydrogens (tertiary/aromatic N) is 3. The largest absolute Gasteiger partial charge is 0.435 e. The third-order valence-electron chi connectivity index (χ3n) is 4.15. The molecule has 0 saturated heterocycles. The number of hydrogen-bond donors (Lipinski definition) is 2. The molecule has 168 valence electrons. The Hall–Kier alpha value is -2.82. The SMILES string of the molecule is CNC(=O)c1cc(Cl)cc(Cl)c1NC(=O)c1cc(C(F)(F)F)nn1C1=NC=CCC=C1Cl. The van der Waals surface area contributed by atoms with Crippen molar-refractivity contribution in [2.45, 2.75) is 12.6 Å². The molecule has 1 aromatic carbocycles. The molecule has 2 heterocycles. The molecule has 32 heavy (non-hydrogen) atoms. The highest BCUT2D eigenvalue weighted by molar-refractivity contribution is 6.43. The van der Waals surface area contributed by atoms with Crippen LogP contribution < -0.4 is 10.6 Å². The van der Waals surface area contributed by atoms with Gasteiger partial charge in [0.05, 0.1) is 21.3 Å². The molecular formula is C19H13Cl3F3N5O2. The third kappa shape index (κ3) is 4.98. The maximum Gasteiger partial charge on any atom is 0.435 e. The summed E-state index contributed by atoms with van der Waals surface area (Å²) in [6, 6.07) is 3.06. The summed E-state index contributed by atoms with van der Waals surface area (Å²) in [5, 5.41) is 8.22. The van der Waals surface area contributed by atoms with E-state index in [9.17, 15) is 22.8 Å². The quantitative estimate of drug-likeness (QED) is 0.607. The number of allylic oxidation sites excluding steroid dienone is 3. The molecule has 0 fully saturated rings. The van der Waals surface area contributed by atoms with Crippen molar-refractivity contribution in [1.29, 1.82) is 0 Å². The van der Waals surface area contributed by atoms with Gasteiger partial charge in [0, 0.05) is 24.3 Å². The zero-order chi connectivity index (χ0) is 23.6. The first kappa shape index (κ1) is 23.8. The minimum Gasteiger partial charge on any atom is -0.355 e. The zero-order valence-corrected chi connectivity index (χ0v) is 18.4. The molecule has 0 spiro atoms. The van der Waals surface area contributed by atoms with Crippen molar-refractivity contribution in [2.24, 2.45) is 4.99 Å². The summed E-state index contributed by atoms with van der Waals surface area (Å²) in [5.74, 6) is -1.85. The van der Waals surface area contributed by atoms with E-state index in [2.05, 4.69) is 20.7 Å². The summed E-state index contributed by atoms with van der Waals surface area (Å²) in [4.78, 5) is 29.2. The van der Waals surface area contributed by atoms with E-state index >= 15 is 0 Å². The van der Waals surface area contributed by atoms with Gasteiger partial charge in [-0.1, -0.05) is 47.0 Å². The normalized spacial score (nSPS) is 13.8. The van der Waals surface area contributed by atoms with Crippen molar-refractivity contribution in [3.8, 4) is 0 Å². The standard InChI is InChI=1S/C19H13Cl3F3N5O2/c1-26-17(31)10-6-9(20)7-12(22)15(10)28-18(32)13-8-14(19(23,24)25)29-30(13)16-11(21)4-2-3-5-27-16/h3-8H,2H2,1H3,(H,26,31)(H,28,32). The summed E-state index contributed by atoms with van der Waals surface area (Å²) < 4.78 is 40.7. The van der Waals surface area contributed by atoms with Gasteiger partial charge < -0.3 is 10.6 Å². The van der Waals surface area contributed by atoms with Crippen LogP contribution in [-0.2, 0) is 6.18 Å². The predicted octanol–water partition coefficient (Wildman–Crippen LogP) is 5.11. The van der Waals surface area contributed by atoms with Gasteiger partial charge in [-0.15, -0.1) is 0 Å². The number of benzene rings is 1. The van der Waals surface area contributed by atoms with Crippen LogP contribution in [0.1, 0.15) is 33.0 Å². The smallest absolute Gasteiger partial charge is 0.355 e. The first-order valence-corrected chi connectivity index (χ1v) is 9.95. The molecule has 2 aromatic rings. The minimum absolute atomic E-state index is 0.00329. The molecule has 0 unspecified atom stereocenters. The van der Waals surface area contributed by atoms with Crippen LogP contribution in [0.3, 0.4) is 0 Å². The number of alkyl halides is 3. The highest BCUT2D eigenvalue weighted by Crippen LogP contribution is 2.32. The van der Waals surface area contributed by atoms with Crippen LogP contribution in [-0.4, -0.2) is 34.5 Å². The van der Waals surface area contributed by atoms with Gasteiger partial charge in [0.15, 0.2) is 11.5 Å². The molecule has 13 heteroatoms. The topological polar surface area (TPSA) is 88.4 Å². The third-order valence-corrected chi connectivity index (χ3v) is 4.99. The fourth-order valence-corrected chi connectivity index (χ4v) is 3.46. The van der Waals surface area contributed by atoms with Crippen LogP contribution in [0.15, 0.2) is 46.6 Å². The van der Waals surface area contributed by atoms with Crippen LogP contribution >= 0.6 is 34.8 Å². The lowest BCUT2D eigenvalue weighted by atomic mass is 10.1. The molecule has 1 aliphatic rings. The second-order valence-electron chi connectivity index (χ2n) is 6.29. The van der Waals surface area contributed by atoms with E-state index in [4.69, 9.17) is 34.8 Å². The Morgan fingerprint density at radius 2 is 1.84 bits per heavy atom. The molecule has 1 aromatic heterocycles. The van der Waals surface area contributed by atoms with E-state index in [0.29, 0.717) is 17.2 Å². The predicted molar refractivity (Wildman–Crippen MR) is 116 cm³/mol. The molecule has 0 saturated carbocycles. The Labute approximate surface area is 194 Å². The lowest BCUT2D eigenvalue weighted by molar-refractivity contribution is -0.141. The highest BCUT2D eigenvalue weighted by Gasteiger charge is 2.37. The summed E-state index contributed by atoms with van der Waals surface area (Å²) >= 11 is 18.2. The fourth-order valence-electron chi connectivity index (χ4n) is 2.70. The van der Waals surface area contributed by atoms with Crippen LogP contribution in [0.2, 0.25) is 10.0 Å². The van der Waals surface area contributed by atoms with E-state index in [1.54, 1.807) is 6.08 Å². The number of anilines is 1. The molecule has 0 atom stereocenters. The van der Waals surface area contributed by atoms with E-state index < -0.39 is 29.4 Å². The Kier molecular flexibility index (Phi) is 6.97. The Morgan fingerprint density at radius 1 is 1.12 bits per heavy atom. The number of rotatable bonds is 3. The van der Waals surface area contributed by atoms with E-state index in [0.717, 1.165) is 0 Å². The van der Waals surface area contributed by atoms with Gasteiger partial charge in [-0.2, -0.15) is 18.3 Å². The average molecular weight is 507 g/mol. The van der Waals surface area contributed by atoms with Crippen LogP contribution in [0, 0.1) is 0 Å². The average Bonchev–Trinajstić information content (AvgIpc) is 3.06. The molecule has 7 nitrogen and oxygen atoms in total. The van der Waals surface area contributed by atoms with E-state index in [1.165, 1.54) is 31.5 Å². The van der Waals surface area contributed by atoms with E-state index in [1.807, 2.05) is 0 Å². The van der Waals surface area contributed by atoms with Crippen LogP contribution in [0.4, 0.5) is 18.9 Å². The second kappa shape index (κ2) is 9.35. The number of aliphatic imine (C=N–C) groups is 1. The molecule has 0 aliphatic carbocycles. The van der Waals surface area contributed by atoms with Gasteiger partial charge in [-0.05, 0) is 18.6 Å². The first-order chi connectivity index (χ1) is 15.0. The molecule has 2 N–H and O–H groups in total. The van der Waals surface area contributed by atoms with Crippen molar-refractivity contribution < 1.29 is 22.8 Å². The van der Waals surface area contributed by atoms with Gasteiger partial charge in [0.2, 0.25) is 0 Å². The molecule has 2 amide bonds. The van der Waals surface area contributed by atoms with Gasteiger partial charge in [-0.3, -0.25) is 9.59 Å². The van der Waals surface area contributed by atoms with Crippen molar-refractivity contribution in [1.82, 2.24) is 15.1 Å². The van der Waals surface area contributed by atoms with Crippen molar-refractivity contribution >= 4 is 58.1 Å². The van der Waals surface area contributed by atoms with Crippen molar-refractivity contribution in [3.05, 3.63) is 68.6 Å². The number of hydrogen-bond acceptors (Lipinski definition) is 4. The number of aromatic nitrogens is 2. The number of amides is 2. The second-order valence-corrected chi connectivity index (χ2v) is 7.54. The van der Waals surface area contributed by atoms with Gasteiger partial charge in [0.25, 0.3) is 11.8 Å². The summed E-state index contributed by atoms with van der Waals surface area (Å²) in [7, 11) is 1.35. The molecule has 0 bridgehead atoms. The van der Waals surface area contributed by atoms with Crippen molar-refractivity contribution in [2.75, 3.05) is 12.4 Å². The van der Waals surface area contributed by atoms with Gasteiger partial charge >= 0.3 is 6.18 Å². The lowest BCUT2D eigenvalue weighted by Gasteiger charge is -2.14. The Morgan fingerprint density at radius 3 is 2.50 bits per heavy atom. The Bertz CT molecular complexity index is 1190. The summed E-state index contributed by atoms with van der Waals surface area (Å²) in [5.41, 5.74) is -2.11. The highest BCUT2D eigenvalue weighted by atomic mass is 35.5. The minimum atomic E-state index is -4.84. The zero-order valence-electron chi connectivity index (χ0n) is 16.1. The maximum absolute atomic E-state index is 13.3. The molecule has 3 rings (SSSR count). The lowest BCUT2D eigenvalue weighted by Crippen LogP contribution is -2.25. The first-order valence-electron chi connectivity index (χ1n) is 8.82. The number of nitrogens with one attached hydrogen (secondary N) is 2. The van der Waals surface area contributed by atoms with E-state index in [-0.39, 0.29) is 32.2 Å². The monoisotopic (exact) mass is 505 g/mol. The summed E-state index contributed by atoms with van der Waals surface area (Å²) in [6.07, 6.45) is -0.0102. The van der Waals surface area contributed by atoms with Crippen LogP contribution in [0.5, 0.6) is 0 Å². The van der Waals surface area contributed by atoms with Crippen molar-refractivity contribution in [3.63, 3.8) is 0 Å². The fraction of sp³-hybridized carbons (Fsp3) is 0.158. The number of carbonyl (C=O) groups is 2. The number of halogens is 6. The molecule has 1 aliphatic heterocycles.